The zero-order chi connectivity index (χ0) is 24.6. The molecule has 0 fully saturated rings. The highest BCUT2D eigenvalue weighted by atomic mass is 35.5. The molecule has 0 atom stereocenters. The third-order valence-electron chi connectivity index (χ3n) is 4.46. The number of sulfonamides is 1. The zero-order valence-electron chi connectivity index (χ0n) is 18.0. The number of rotatable bonds is 11. The van der Waals surface area contributed by atoms with E-state index in [2.05, 4.69) is 5.32 Å². The Morgan fingerprint density at radius 2 is 1.82 bits per heavy atom. The second-order valence-corrected chi connectivity index (χ2v) is 9.26. The van der Waals surface area contributed by atoms with Crippen LogP contribution in [0, 0.1) is 0 Å². The highest BCUT2D eigenvalue weighted by molar-refractivity contribution is 7.92. The van der Waals surface area contributed by atoms with Crippen molar-refractivity contribution in [1.29, 1.82) is 0 Å². The van der Waals surface area contributed by atoms with Crippen LogP contribution in [0.15, 0.2) is 42.5 Å². The first kappa shape index (κ1) is 26.6. The molecule has 0 radical (unpaired) electrons. The minimum Gasteiger partial charge on any atom is -0.493 e. The highest BCUT2D eigenvalue weighted by Gasteiger charge is 2.34. The van der Waals surface area contributed by atoms with Gasteiger partial charge >= 0.3 is 6.18 Å². The van der Waals surface area contributed by atoms with Gasteiger partial charge in [0.1, 0.15) is 6.61 Å². The van der Waals surface area contributed by atoms with E-state index in [1.165, 1.54) is 13.2 Å². The van der Waals surface area contributed by atoms with Crippen LogP contribution in [-0.2, 0) is 21.0 Å². The number of hydrogen-bond donors (Lipinski definition) is 1. The molecule has 0 aliphatic heterocycles. The number of benzene rings is 2. The maximum Gasteiger partial charge on any atom is 0.417 e. The Hall–Kier alpha value is -2.66. The van der Waals surface area contributed by atoms with Gasteiger partial charge in [-0.1, -0.05) is 23.7 Å². The number of amides is 1. The predicted molar refractivity (Wildman–Crippen MR) is 119 cm³/mol. The second kappa shape index (κ2) is 11.5. The van der Waals surface area contributed by atoms with Crippen molar-refractivity contribution in [2.45, 2.75) is 19.0 Å². The minimum atomic E-state index is -4.73. The summed E-state index contributed by atoms with van der Waals surface area (Å²) in [5.41, 5.74) is -1.32. The van der Waals surface area contributed by atoms with Gasteiger partial charge in [-0.05, 0) is 36.8 Å². The van der Waals surface area contributed by atoms with E-state index in [1.807, 2.05) is 0 Å². The number of nitrogens with one attached hydrogen (secondary N) is 1. The van der Waals surface area contributed by atoms with Crippen molar-refractivity contribution in [1.82, 2.24) is 5.32 Å². The van der Waals surface area contributed by atoms with Crippen LogP contribution in [0.3, 0.4) is 0 Å². The van der Waals surface area contributed by atoms with Gasteiger partial charge in [0.05, 0.1) is 36.2 Å². The third-order valence-corrected chi connectivity index (χ3v) is 5.98. The van der Waals surface area contributed by atoms with E-state index >= 15 is 0 Å². The highest BCUT2D eigenvalue weighted by Crippen LogP contribution is 2.37. The molecule has 0 aliphatic rings. The molecule has 0 saturated carbocycles. The van der Waals surface area contributed by atoms with Gasteiger partial charge in [0.25, 0.3) is 0 Å². The lowest BCUT2D eigenvalue weighted by atomic mass is 10.2. The van der Waals surface area contributed by atoms with E-state index in [1.54, 1.807) is 24.3 Å². The van der Waals surface area contributed by atoms with E-state index in [9.17, 15) is 26.4 Å². The molecule has 7 nitrogen and oxygen atoms in total. The molecule has 0 saturated heterocycles. The maximum atomic E-state index is 13.1. The fraction of sp³-hybridized carbons (Fsp3) is 0.381. The third kappa shape index (κ3) is 8.01. The number of para-hydroxylation sites is 2. The molecule has 0 heterocycles. The van der Waals surface area contributed by atoms with Crippen molar-refractivity contribution >= 4 is 33.2 Å². The fourth-order valence-electron chi connectivity index (χ4n) is 2.93. The van der Waals surface area contributed by atoms with Crippen LogP contribution in [0.2, 0.25) is 5.02 Å². The Bertz CT molecular complexity index is 1060. The van der Waals surface area contributed by atoms with Crippen molar-refractivity contribution in [3.8, 4) is 11.5 Å². The monoisotopic (exact) mass is 508 g/mol. The van der Waals surface area contributed by atoms with Crippen molar-refractivity contribution < 1.29 is 35.9 Å². The minimum absolute atomic E-state index is 0.0274. The van der Waals surface area contributed by atoms with Crippen molar-refractivity contribution in [2.24, 2.45) is 0 Å². The van der Waals surface area contributed by atoms with Gasteiger partial charge < -0.3 is 14.8 Å². The van der Waals surface area contributed by atoms with Gasteiger partial charge in [-0.15, -0.1) is 0 Å². The van der Waals surface area contributed by atoms with Crippen LogP contribution in [-0.4, -0.2) is 47.4 Å². The lowest BCUT2D eigenvalue weighted by Crippen LogP contribution is -2.33. The summed E-state index contributed by atoms with van der Waals surface area (Å²) < 4.78 is 75.2. The molecule has 2 aromatic rings. The van der Waals surface area contributed by atoms with E-state index < -0.39 is 26.8 Å². The van der Waals surface area contributed by atoms with Crippen molar-refractivity contribution in [2.75, 3.05) is 37.4 Å². The van der Waals surface area contributed by atoms with E-state index in [0.29, 0.717) is 17.6 Å². The smallest absolute Gasteiger partial charge is 0.417 e. The number of halogens is 4. The van der Waals surface area contributed by atoms with E-state index in [-0.39, 0.29) is 44.1 Å². The lowest BCUT2D eigenvalue weighted by Gasteiger charge is -2.23. The van der Waals surface area contributed by atoms with Crippen molar-refractivity contribution in [3.63, 3.8) is 0 Å². The average Bonchev–Trinajstić information content (AvgIpc) is 2.73. The number of alkyl halides is 3. The summed E-state index contributed by atoms with van der Waals surface area (Å²) in [6.45, 7) is 0.217. The molecule has 0 aliphatic carbocycles. The number of carbonyl (C=O) groups is 1. The van der Waals surface area contributed by atoms with Gasteiger partial charge in [0.2, 0.25) is 15.9 Å². The molecule has 2 aromatic carbocycles. The van der Waals surface area contributed by atoms with Crippen LogP contribution < -0.4 is 19.1 Å². The van der Waals surface area contributed by atoms with Gasteiger partial charge in [-0.2, -0.15) is 13.2 Å². The zero-order valence-corrected chi connectivity index (χ0v) is 19.6. The Labute approximate surface area is 195 Å². The molecule has 12 heteroatoms. The summed E-state index contributed by atoms with van der Waals surface area (Å²) in [5.74, 6) is 0.735. The number of carbonyl (C=O) groups excluding carboxylic acids is 1. The molecule has 0 aromatic heterocycles. The molecule has 2 rings (SSSR count). The lowest BCUT2D eigenvalue weighted by molar-refractivity contribution is -0.137. The molecule has 1 N–H and O–H groups in total. The molecule has 0 unspecified atom stereocenters. The molecule has 33 heavy (non-hydrogen) atoms. The quantitative estimate of drug-likeness (QED) is 0.462. The first-order valence-electron chi connectivity index (χ1n) is 9.80. The molecule has 182 valence electrons. The molecule has 0 spiro atoms. The summed E-state index contributed by atoms with van der Waals surface area (Å²) >= 11 is 5.60. The molecule has 0 bridgehead atoms. The van der Waals surface area contributed by atoms with Crippen molar-refractivity contribution in [3.05, 3.63) is 53.1 Å². The topological polar surface area (TPSA) is 84.9 Å². The number of hydrogen-bond acceptors (Lipinski definition) is 5. The average molecular weight is 509 g/mol. The van der Waals surface area contributed by atoms with Crippen LogP contribution >= 0.6 is 11.6 Å². The standard InChI is InChI=1S/C21H24ClF3N2O5S/c1-31-18-6-3-4-7-19(18)32-13-11-26-20(28)8-5-12-27(33(2,29)30)15-9-10-17(22)16(14-15)21(23,24)25/h3-4,6-7,9-10,14H,5,8,11-13H2,1-2H3,(H,26,28). The maximum absolute atomic E-state index is 13.1. The molecular formula is C21H24ClF3N2O5S. The first-order valence-corrected chi connectivity index (χ1v) is 12.0. The Balaban J connectivity index is 1.89. The predicted octanol–water partition coefficient (Wildman–Crippen LogP) is 4.11. The van der Waals surface area contributed by atoms with E-state index in [4.69, 9.17) is 21.1 Å². The summed E-state index contributed by atoms with van der Waals surface area (Å²) in [7, 11) is -2.38. The Morgan fingerprint density at radius 1 is 1.15 bits per heavy atom. The van der Waals surface area contributed by atoms with Crippen LogP contribution in [0.5, 0.6) is 11.5 Å². The van der Waals surface area contributed by atoms with E-state index in [0.717, 1.165) is 16.6 Å². The van der Waals surface area contributed by atoms with Crippen LogP contribution in [0.25, 0.3) is 0 Å². The molecular weight excluding hydrogens is 485 g/mol. The number of methoxy groups -OCH3 is 1. The second-order valence-electron chi connectivity index (χ2n) is 6.95. The van der Waals surface area contributed by atoms with Crippen LogP contribution in [0.1, 0.15) is 18.4 Å². The summed E-state index contributed by atoms with van der Waals surface area (Å²) in [6.07, 6.45) is -3.79. The summed E-state index contributed by atoms with van der Waals surface area (Å²) in [6, 6.07) is 9.89. The van der Waals surface area contributed by atoms with Gasteiger partial charge in [0.15, 0.2) is 11.5 Å². The Kier molecular flexibility index (Phi) is 9.24. The summed E-state index contributed by atoms with van der Waals surface area (Å²) in [5, 5.41) is 2.11. The number of nitrogens with zero attached hydrogens (tertiary/aromatic N) is 1. The summed E-state index contributed by atoms with van der Waals surface area (Å²) in [4.78, 5) is 12.0. The Morgan fingerprint density at radius 3 is 2.42 bits per heavy atom. The number of anilines is 1. The van der Waals surface area contributed by atoms with Crippen LogP contribution in [0.4, 0.5) is 18.9 Å². The normalized spacial score (nSPS) is 11.7. The molecule has 1 amide bonds. The van der Waals surface area contributed by atoms with Gasteiger partial charge in [-0.3, -0.25) is 9.10 Å². The fourth-order valence-corrected chi connectivity index (χ4v) is 4.12. The largest absolute Gasteiger partial charge is 0.493 e. The number of ether oxygens (including phenoxy) is 2. The first-order chi connectivity index (χ1) is 15.4. The SMILES string of the molecule is COc1ccccc1OCCNC(=O)CCCN(c1ccc(Cl)c(C(F)(F)F)c1)S(C)(=O)=O. The van der Waals surface area contributed by atoms with Gasteiger partial charge in [0, 0.05) is 13.0 Å². The van der Waals surface area contributed by atoms with Gasteiger partial charge in [-0.25, -0.2) is 8.42 Å².